The molecule has 4 rings (SSSR count). The lowest BCUT2D eigenvalue weighted by Gasteiger charge is -2.09. The molecule has 0 N–H and O–H groups in total. The predicted molar refractivity (Wildman–Crippen MR) is 109 cm³/mol. The fraction of sp³-hybridized carbons (Fsp3) is 0.0455. The maximum Gasteiger partial charge on any atom is 0.363 e. The van der Waals surface area contributed by atoms with Crippen LogP contribution in [0, 0.1) is 0 Å². The summed E-state index contributed by atoms with van der Waals surface area (Å²) in [7, 11) is 1.48. The van der Waals surface area contributed by atoms with Crippen molar-refractivity contribution in [3.63, 3.8) is 0 Å². The van der Waals surface area contributed by atoms with E-state index in [-0.39, 0.29) is 17.3 Å². The molecular formula is C22H15NO5S. The van der Waals surface area contributed by atoms with E-state index in [4.69, 9.17) is 14.2 Å². The minimum absolute atomic E-state index is 0.175. The lowest BCUT2D eigenvalue weighted by atomic mass is 10.1. The minimum Gasteiger partial charge on any atom is -0.493 e. The summed E-state index contributed by atoms with van der Waals surface area (Å²) in [5.41, 5.74) is 1.55. The molecule has 0 aliphatic carbocycles. The first-order chi connectivity index (χ1) is 14.1. The molecule has 0 bridgehead atoms. The van der Waals surface area contributed by atoms with Gasteiger partial charge in [-0.3, -0.25) is 0 Å². The van der Waals surface area contributed by atoms with E-state index in [1.165, 1.54) is 18.4 Å². The lowest BCUT2D eigenvalue weighted by Crippen LogP contribution is -2.07. The summed E-state index contributed by atoms with van der Waals surface area (Å²) in [4.78, 5) is 29.1. The summed E-state index contributed by atoms with van der Waals surface area (Å²) >= 11 is 1.30. The Kier molecular flexibility index (Phi) is 5.22. The third kappa shape index (κ3) is 4.09. The normalized spacial score (nSPS) is 14.4. The van der Waals surface area contributed by atoms with Crippen LogP contribution in [0.3, 0.4) is 0 Å². The smallest absolute Gasteiger partial charge is 0.363 e. The first-order valence-corrected chi connectivity index (χ1v) is 9.54. The van der Waals surface area contributed by atoms with Gasteiger partial charge in [-0.2, -0.15) is 0 Å². The maximum atomic E-state index is 12.2. The number of benzene rings is 2. The molecule has 29 heavy (non-hydrogen) atoms. The van der Waals surface area contributed by atoms with Crippen molar-refractivity contribution >= 4 is 35.2 Å². The SMILES string of the molecule is COc1cc(/C=C2\N=C(c3ccccc3)OC2=O)ccc1OC(=O)c1cccs1. The van der Waals surface area contributed by atoms with Crippen LogP contribution in [0.2, 0.25) is 0 Å². The molecule has 0 atom stereocenters. The molecule has 0 spiro atoms. The van der Waals surface area contributed by atoms with Crippen LogP contribution in [-0.2, 0) is 9.53 Å². The number of ether oxygens (including phenoxy) is 3. The summed E-state index contributed by atoms with van der Waals surface area (Å²) in [6.45, 7) is 0. The van der Waals surface area contributed by atoms with Crippen molar-refractivity contribution in [1.29, 1.82) is 0 Å². The molecule has 0 radical (unpaired) electrons. The Balaban J connectivity index is 1.58. The van der Waals surface area contributed by atoms with Gasteiger partial charge < -0.3 is 14.2 Å². The topological polar surface area (TPSA) is 74.2 Å². The van der Waals surface area contributed by atoms with E-state index in [2.05, 4.69) is 4.99 Å². The molecule has 6 nitrogen and oxygen atoms in total. The second-order valence-corrected chi connectivity index (χ2v) is 6.93. The Morgan fingerprint density at radius 1 is 1.07 bits per heavy atom. The van der Waals surface area contributed by atoms with Crippen molar-refractivity contribution in [3.05, 3.63) is 87.7 Å². The first-order valence-electron chi connectivity index (χ1n) is 8.66. The molecule has 1 aliphatic rings. The zero-order valence-corrected chi connectivity index (χ0v) is 16.1. The van der Waals surface area contributed by atoms with Crippen LogP contribution in [-0.4, -0.2) is 24.9 Å². The Hall–Kier alpha value is -3.71. The number of cyclic esters (lactones) is 1. The van der Waals surface area contributed by atoms with Gasteiger partial charge in [-0.1, -0.05) is 30.3 Å². The molecule has 1 aromatic heterocycles. The number of carbonyl (C=O) groups excluding carboxylic acids is 2. The average molecular weight is 405 g/mol. The Bertz CT molecular complexity index is 1120. The maximum absolute atomic E-state index is 12.2. The van der Waals surface area contributed by atoms with Crippen LogP contribution in [0.1, 0.15) is 20.8 Å². The molecule has 2 heterocycles. The summed E-state index contributed by atoms with van der Waals surface area (Å²) in [6, 6.07) is 17.6. The van der Waals surface area contributed by atoms with Gasteiger partial charge in [-0.25, -0.2) is 14.6 Å². The second kappa shape index (κ2) is 8.12. The number of methoxy groups -OCH3 is 1. The molecular weight excluding hydrogens is 390 g/mol. The number of nitrogens with zero attached hydrogens (tertiary/aromatic N) is 1. The van der Waals surface area contributed by atoms with Crippen LogP contribution in [0.4, 0.5) is 0 Å². The van der Waals surface area contributed by atoms with E-state index >= 15 is 0 Å². The van der Waals surface area contributed by atoms with Gasteiger partial charge in [0.05, 0.1) is 7.11 Å². The number of thiophene rings is 1. The van der Waals surface area contributed by atoms with Crippen molar-refractivity contribution in [2.24, 2.45) is 4.99 Å². The molecule has 3 aromatic rings. The van der Waals surface area contributed by atoms with Gasteiger partial charge in [-0.05, 0) is 47.4 Å². The summed E-state index contributed by atoms with van der Waals surface area (Å²) in [6.07, 6.45) is 1.59. The van der Waals surface area contributed by atoms with Crippen molar-refractivity contribution in [1.82, 2.24) is 0 Å². The third-order valence-electron chi connectivity index (χ3n) is 4.06. The van der Waals surface area contributed by atoms with Crippen LogP contribution in [0.5, 0.6) is 11.5 Å². The third-order valence-corrected chi connectivity index (χ3v) is 4.91. The average Bonchev–Trinajstić information content (AvgIpc) is 3.40. The Morgan fingerprint density at radius 3 is 2.62 bits per heavy atom. The van der Waals surface area contributed by atoms with E-state index in [0.717, 1.165) is 5.56 Å². The second-order valence-electron chi connectivity index (χ2n) is 5.98. The van der Waals surface area contributed by atoms with Gasteiger partial charge in [0.1, 0.15) is 4.88 Å². The van der Waals surface area contributed by atoms with Crippen LogP contribution in [0.15, 0.2) is 76.7 Å². The molecule has 0 saturated heterocycles. The monoisotopic (exact) mass is 405 g/mol. The summed E-state index contributed by atoms with van der Waals surface area (Å²) < 4.78 is 16.0. The van der Waals surface area contributed by atoms with Crippen molar-refractivity contribution in [2.75, 3.05) is 7.11 Å². The number of carbonyl (C=O) groups is 2. The number of aliphatic imine (C=N–C) groups is 1. The van der Waals surface area contributed by atoms with Crippen molar-refractivity contribution in [3.8, 4) is 11.5 Å². The number of rotatable bonds is 5. The lowest BCUT2D eigenvalue weighted by molar-refractivity contribution is -0.129. The minimum atomic E-state index is -0.531. The van der Waals surface area contributed by atoms with E-state index < -0.39 is 11.9 Å². The van der Waals surface area contributed by atoms with Gasteiger partial charge in [0.25, 0.3) is 0 Å². The number of hydrogen-bond acceptors (Lipinski definition) is 7. The number of esters is 2. The Labute approximate surface area is 170 Å². The highest BCUT2D eigenvalue weighted by Crippen LogP contribution is 2.30. The molecule has 1 aliphatic heterocycles. The molecule has 2 aromatic carbocycles. The predicted octanol–water partition coefficient (Wildman–Crippen LogP) is 4.32. The molecule has 144 valence electrons. The molecule has 0 amide bonds. The summed E-state index contributed by atoms with van der Waals surface area (Å²) in [5.74, 6) is -0.0781. The van der Waals surface area contributed by atoms with E-state index in [0.29, 0.717) is 16.2 Å². The zero-order valence-electron chi connectivity index (χ0n) is 15.3. The van der Waals surface area contributed by atoms with Gasteiger partial charge in [0, 0.05) is 5.56 Å². The molecule has 7 heteroatoms. The highest BCUT2D eigenvalue weighted by atomic mass is 32.1. The van der Waals surface area contributed by atoms with E-state index in [1.807, 2.05) is 30.3 Å². The highest BCUT2D eigenvalue weighted by Gasteiger charge is 2.24. The Morgan fingerprint density at radius 2 is 1.90 bits per heavy atom. The van der Waals surface area contributed by atoms with Gasteiger partial charge in [0.2, 0.25) is 5.90 Å². The summed E-state index contributed by atoms with van der Waals surface area (Å²) in [5, 5.41) is 1.80. The van der Waals surface area contributed by atoms with Gasteiger partial charge in [-0.15, -0.1) is 11.3 Å². The molecule has 0 unspecified atom stereocenters. The highest BCUT2D eigenvalue weighted by molar-refractivity contribution is 7.12. The first kappa shape index (κ1) is 18.6. The van der Waals surface area contributed by atoms with E-state index in [1.54, 1.807) is 41.8 Å². The number of hydrogen-bond donors (Lipinski definition) is 0. The van der Waals surface area contributed by atoms with E-state index in [9.17, 15) is 9.59 Å². The quantitative estimate of drug-likeness (QED) is 0.359. The van der Waals surface area contributed by atoms with Crippen LogP contribution < -0.4 is 9.47 Å². The fourth-order valence-corrected chi connectivity index (χ4v) is 3.27. The van der Waals surface area contributed by atoms with Crippen molar-refractivity contribution < 1.29 is 23.8 Å². The fourth-order valence-electron chi connectivity index (χ4n) is 2.67. The van der Waals surface area contributed by atoms with Crippen molar-refractivity contribution in [2.45, 2.75) is 0 Å². The molecule has 0 saturated carbocycles. The standard InChI is InChI=1S/C22H15NO5S/c1-26-18-13-14(9-10-17(18)27-22(25)19-8-5-11-29-19)12-16-21(24)28-20(23-16)15-6-3-2-4-7-15/h2-13H,1H3/b16-12-. The molecule has 0 fully saturated rings. The van der Waals surface area contributed by atoms with Crippen LogP contribution in [0.25, 0.3) is 6.08 Å². The zero-order chi connectivity index (χ0) is 20.2. The largest absolute Gasteiger partial charge is 0.493 e. The van der Waals surface area contributed by atoms with Crippen LogP contribution >= 0.6 is 11.3 Å². The van der Waals surface area contributed by atoms with Gasteiger partial charge >= 0.3 is 11.9 Å². The van der Waals surface area contributed by atoms with Gasteiger partial charge in [0.15, 0.2) is 17.2 Å².